The molecule has 0 amide bonds. The minimum absolute atomic E-state index is 1.05. The Bertz CT molecular complexity index is 352. The number of piperazine rings is 1. The topological polar surface area (TPSA) is 15.3 Å². The van der Waals surface area contributed by atoms with E-state index in [4.69, 9.17) is 0 Å². The van der Waals surface area contributed by atoms with Gasteiger partial charge in [0.15, 0.2) is 0 Å². The van der Waals surface area contributed by atoms with E-state index in [-0.39, 0.29) is 0 Å². The van der Waals surface area contributed by atoms with Gasteiger partial charge in [0.05, 0.1) is 0 Å². The molecule has 0 radical (unpaired) electrons. The molecule has 0 spiro atoms. The average molecular weight is 348 g/mol. The predicted octanol–water partition coefficient (Wildman–Crippen LogP) is 2.29. The molecule has 0 bridgehead atoms. The normalized spacial score (nSPS) is 17.7. The van der Waals surface area contributed by atoms with Gasteiger partial charge >= 0.3 is 0 Å². The Kier molecular flexibility index (Phi) is 4.52. The molecule has 88 valence electrons. The molecule has 4 heteroatoms. The zero-order chi connectivity index (χ0) is 11.5. The highest BCUT2D eigenvalue weighted by atomic mass is 127. The number of hydrogen-bond donors (Lipinski definition) is 2. The highest BCUT2D eigenvalue weighted by molar-refractivity contribution is 14.1. The van der Waals surface area contributed by atoms with Gasteiger partial charge < -0.3 is 5.32 Å². The van der Waals surface area contributed by atoms with Crippen molar-refractivity contribution in [3.8, 4) is 0 Å². The van der Waals surface area contributed by atoms with Crippen molar-refractivity contribution in [1.82, 2.24) is 10.2 Å². The first kappa shape index (κ1) is 12.7. The summed E-state index contributed by atoms with van der Waals surface area (Å²) >= 11 is 6.91. The molecule has 0 saturated carbocycles. The Morgan fingerprint density at radius 1 is 1.38 bits per heavy atom. The van der Waals surface area contributed by atoms with Crippen molar-refractivity contribution in [2.24, 2.45) is 0 Å². The van der Waals surface area contributed by atoms with Crippen LogP contribution in [-0.2, 0) is 6.54 Å². The van der Waals surface area contributed by atoms with Crippen LogP contribution >= 0.6 is 35.2 Å². The molecule has 1 saturated heterocycles. The number of hydrogen-bond acceptors (Lipinski definition) is 3. The number of rotatable bonds is 2. The first-order chi connectivity index (χ1) is 7.66. The van der Waals surface area contributed by atoms with E-state index in [1.165, 1.54) is 14.7 Å². The first-order valence-electron chi connectivity index (χ1n) is 5.58. The molecular formula is C12H17IN2S. The largest absolute Gasteiger partial charge is 0.314 e. The molecule has 1 aliphatic heterocycles. The third kappa shape index (κ3) is 3.12. The van der Waals surface area contributed by atoms with Crippen LogP contribution in [0.3, 0.4) is 0 Å². The summed E-state index contributed by atoms with van der Waals surface area (Å²) in [5, 5.41) is 3.37. The van der Waals surface area contributed by atoms with Crippen LogP contribution in [0, 0.1) is 10.5 Å². The van der Waals surface area contributed by atoms with Gasteiger partial charge in [-0.3, -0.25) is 4.90 Å². The highest BCUT2D eigenvalue weighted by Gasteiger charge is 2.11. The third-order valence-electron chi connectivity index (χ3n) is 2.99. The summed E-state index contributed by atoms with van der Waals surface area (Å²) in [6.07, 6.45) is 0. The molecule has 1 aliphatic rings. The fraction of sp³-hybridized carbons (Fsp3) is 0.500. The molecule has 0 aliphatic carbocycles. The van der Waals surface area contributed by atoms with Crippen LogP contribution < -0.4 is 5.32 Å². The quantitative estimate of drug-likeness (QED) is 0.630. The van der Waals surface area contributed by atoms with Gasteiger partial charge in [0.1, 0.15) is 0 Å². The number of nitrogens with one attached hydrogen (secondary N) is 1. The van der Waals surface area contributed by atoms with Gasteiger partial charge in [0, 0.05) is 41.2 Å². The molecule has 0 aromatic heterocycles. The number of benzene rings is 1. The lowest BCUT2D eigenvalue weighted by Crippen LogP contribution is -2.42. The standard InChI is InChI=1S/C12H17IN2S/c1-9-11(13)6-10(7-12(9)16)8-15-4-2-14-3-5-15/h6-7,14,16H,2-5,8H2,1H3. The molecular weight excluding hydrogens is 331 g/mol. The Labute approximate surface area is 116 Å². The Hall–Kier alpha value is 0.220. The molecule has 0 unspecified atom stereocenters. The molecule has 0 atom stereocenters. The zero-order valence-corrected chi connectivity index (χ0v) is 12.5. The molecule has 2 nitrogen and oxygen atoms in total. The van der Waals surface area contributed by atoms with Crippen LogP contribution in [0.15, 0.2) is 17.0 Å². The SMILES string of the molecule is Cc1c(S)cc(CN2CCNCC2)cc1I. The maximum Gasteiger partial charge on any atom is 0.0235 e. The van der Waals surface area contributed by atoms with E-state index in [0.29, 0.717) is 0 Å². The Morgan fingerprint density at radius 2 is 2.06 bits per heavy atom. The molecule has 2 rings (SSSR count). The van der Waals surface area contributed by atoms with Crippen molar-refractivity contribution in [3.05, 3.63) is 26.8 Å². The van der Waals surface area contributed by atoms with Crippen molar-refractivity contribution in [2.75, 3.05) is 26.2 Å². The van der Waals surface area contributed by atoms with E-state index in [1.807, 2.05) is 0 Å². The maximum absolute atomic E-state index is 4.52. The van der Waals surface area contributed by atoms with E-state index >= 15 is 0 Å². The van der Waals surface area contributed by atoms with Gasteiger partial charge in [-0.05, 0) is 52.8 Å². The van der Waals surface area contributed by atoms with Crippen molar-refractivity contribution in [3.63, 3.8) is 0 Å². The number of thiol groups is 1. The monoisotopic (exact) mass is 348 g/mol. The molecule has 1 N–H and O–H groups in total. The second-order valence-corrected chi connectivity index (χ2v) is 5.89. The third-order valence-corrected chi connectivity index (χ3v) is 4.58. The van der Waals surface area contributed by atoms with Crippen LogP contribution in [0.4, 0.5) is 0 Å². The summed E-state index contributed by atoms with van der Waals surface area (Å²) < 4.78 is 1.32. The smallest absolute Gasteiger partial charge is 0.0235 e. The average Bonchev–Trinajstić information content (AvgIpc) is 2.27. The van der Waals surface area contributed by atoms with Gasteiger partial charge in [-0.2, -0.15) is 0 Å². The van der Waals surface area contributed by atoms with Crippen molar-refractivity contribution in [1.29, 1.82) is 0 Å². The molecule has 16 heavy (non-hydrogen) atoms. The van der Waals surface area contributed by atoms with Crippen molar-refractivity contribution in [2.45, 2.75) is 18.4 Å². The van der Waals surface area contributed by atoms with Crippen LogP contribution in [-0.4, -0.2) is 31.1 Å². The summed E-state index contributed by atoms with van der Waals surface area (Å²) in [6, 6.07) is 4.47. The molecule has 1 aromatic carbocycles. The van der Waals surface area contributed by atoms with Gasteiger partial charge in [0.25, 0.3) is 0 Å². The minimum Gasteiger partial charge on any atom is -0.314 e. The summed E-state index contributed by atoms with van der Waals surface area (Å²) in [4.78, 5) is 3.60. The second-order valence-electron chi connectivity index (χ2n) is 4.25. The summed E-state index contributed by atoms with van der Waals surface area (Å²) in [7, 11) is 0. The minimum atomic E-state index is 1.05. The second kappa shape index (κ2) is 5.71. The number of nitrogens with zero attached hydrogens (tertiary/aromatic N) is 1. The van der Waals surface area contributed by atoms with Gasteiger partial charge in [-0.25, -0.2) is 0 Å². The van der Waals surface area contributed by atoms with Crippen molar-refractivity contribution >= 4 is 35.2 Å². The lowest BCUT2D eigenvalue weighted by atomic mass is 10.1. The fourth-order valence-corrected chi connectivity index (χ4v) is 3.13. The lowest BCUT2D eigenvalue weighted by molar-refractivity contribution is 0.233. The van der Waals surface area contributed by atoms with E-state index in [2.05, 4.69) is 64.5 Å². The van der Waals surface area contributed by atoms with E-state index in [1.54, 1.807) is 0 Å². The van der Waals surface area contributed by atoms with Gasteiger partial charge in [-0.1, -0.05) is 0 Å². The first-order valence-corrected chi connectivity index (χ1v) is 7.10. The maximum atomic E-state index is 4.52. The summed E-state index contributed by atoms with van der Waals surface area (Å²) in [6.45, 7) is 7.68. The molecule has 1 heterocycles. The lowest BCUT2D eigenvalue weighted by Gasteiger charge is -2.27. The van der Waals surface area contributed by atoms with Crippen LogP contribution in [0.1, 0.15) is 11.1 Å². The molecule has 1 aromatic rings. The van der Waals surface area contributed by atoms with Crippen LogP contribution in [0.25, 0.3) is 0 Å². The Morgan fingerprint density at radius 3 is 2.69 bits per heavy atom. The Balaban J connectivity index is 2.09. The number of halogens is 1. The van der Waals surface area contributed by atoms with E-state index in [0.717, 1.165) is 37.6 Å². The highest BCUT2D eigenvalue weighted by Crippen LogP contribution is 2.22. The van der Waals surface area contributed by atoms with E-state index in [9.17, 15) is 0 Å². The van der Waals surface area contributed by atoms with Gasteiger partial charge in [-0.15, -0.1) is 12.6 Å². The molecule has 1 fully saturated rings. The van der Waals surface area contributed by atoms with Gasteiger partial charge in [0.2, 0.25) is 0 Å². The fourth-order valence-electron chi connectivity index (χ4n) is 1.94. The predicted molar refractivity (Wildman–Crippen MR) is 79.3 cm³/mol. The van der Waals surface area contributed by atoms with Crippen LogP contribution in [0.5, 0.6) is 0 Å². The summed E-state index contributed by atoms with van der Waals surface area (Å²) in [5.41, 5.74) is 2.66. The van der Waals surface area contributed by atoms with E-state index < -0.39 is 0 Å². The van der Waals surface area contributed by atoms with Crippen molar-refractivity contribution < 1.29 is 0 Å². The zero-order valence-electron chi connectivity index (χ0n) is 9.46. The summed E-state index contributed by atoms with van der Waals surface area (Å²) in [5.74, 6) is 0. The van der Waals surface area contributed by atoms with Crippen LogP contribution in [0.2, 0.25) is 0 Å².